The molecule has 1 atom stereocenters. The molecule has 2 aromatic rings. The van der Waals surface area contributed by atoms with Crippen molar-refractivity contribution >= 4 is 11.3 Å². The second-order valence-electron chi connectivity index (χ2n) is 5.48. The van der Waals surface area contributed by atoms with Crippen LogP contribution in [0.5, 0.6) is 0 Å². The molecule has 0 radical (unpaired) electrons. The van der Waals surface area contributed by atoms with Gasteiger partial charge in [0.2, 0.25) is 0 Å². The zero-order chi connectivity index (χ0) is 13.3. The minimum Gasteiger partial charge on any atom is -0.383 e. The quantitative estimate of drug-likeness (QED) is 0.929. The molecule has 0 amide bonds. The summed E-state index contributed by atoms with van der Waals surface area (Å²) in [6.07, 6.45) is 1.08. The lowest BCUT2D eigenvalue weighted by molar-refractivity contribution is 0.0148. The first kappa shape index (κ1) is 12.9. The summed E-state index contributed by atoms with van der Waals surface area (Å²) in [6, 6.07) is 12.6. The summed E-state index contributed by atoms with van der Waals surface area (Å²) in [5.74, 6) is 0. The Kier molecular flexibility index (Phi) is 3.44. The van der Waals surface area contributed by atoms with Gasteiger partial charge in [0.1, 0.15) is 5.60 Å². The smallest absolute Gasteiger partial charge is 0.109 e. The first-order valence-corrected chi connectivity index (χ1v) is 7.59. The number of rotatable bonds is 3. The molecule has 1 aromatic heterocycles. The average molecular weight is 273 g/mol. The second kappa shape index (κ2) is 5.08. The van der Waals surface area contributed by atoms with E-state index in [0.717, 1.165) is 24.4 Å². The number of thiophene rings is 1. The highest BCUT2D eigenvalue weighted by Crippen LogP contribution is 2.28. The van der Waals surface area contributed by atoms with Gasteiger partial charge >= 0.3 is 0 Å². The molecule has 2 nitrogen and oxygen atoms in total. The van der Waals surface area contributed by atoms with Crippen LogP contribution in [0.4, 0.5) is 0 Å². The van der Waals surface area contributed by atoms with Gasteiger partial charge in [-0.25, -0.2) is 0 Å². The third-order valence-corrected chi connectivity index (χ3v) is 4.92. The standard InChI is InChI=1S/C16H19NOS/c1-16(18,15-7-4-10-19-15)12-17-9-8-13-5-2-3-6-14(13)11-17/h2-7,10,18H,8-9,11-12H2,1H3. The summed E-state index contributed by atoms with van der Waals surface area (Å²) in [5, 5.41) is 12.7. The highest BCUT2D eigenvalue weighted by atomic mass is 32.1. The highest BCUT2D eigenvalue weighted by Gasteiger charge is 2.28. The maximum Gasteiger partial charge on any atom is 0.109 e. The summed E-state index contributed by atoms with van der Waals surface area (Å²) < 4.78 is 0. The number of hydrogen-bond donors (Lipinski definition) is 1. The van der Waals surface area contributed by atoms with E-state index in [1.54, 1.807) is 11.3 Å². The molecule has 0 aliphatic carbocycles. The fourth-order valence-electron chi connectivity index (χ4n) is 2.79. The fraction of sp³-hybridized carbons (Fsp3) is 0.375. The average Bonchev–Trinajstić information content (AvgIpc) is 2.93. The van der Waals surface area contributed by atoms with Gasteiger partial charge in [-0.2, -0.15) is 0 Å². The molecule has 1 aliphatic rings. The van der Waals surface area contributed by atoms with Crippen LogP contribution in [-0.2, 0) is 18.6 Å². The van der Waals surface area contributed by atoms with Crippen molar-refractivity contribution in [3.63, 3.8) is 0 Å². The van der Waals surface area contributed by atoms with Crippen LogP contribution in [0, 0.1) is 0 Å². The number of fused-ring (bicyclic) bond motifs is 1. The van der Waals surface area contributed by atoms with E-state index in [0.29, 0.717) is 6.54 Å². The lowest BCUT2D eigenvalue weighted by Gasteiger charge is -2.34. The maximum atomic E-state index is 10.6. The fourth-order valence-corrected chi connectivity index (χ4v) is 3.57. The van der Waals surface area contributed by atoms with Crippen LogP contribution in [0.1, 0.15) is 22.9 Å². The first-order valence-electron chi connectivity index (χ1n) is 6.71. The molecule has 0 spiro atoms. The van der Waals surface area contributed by atoms with E-state index >= 15 is 0 Å². The Labute approximate surface area is 118 Å². The predicted octanol–water partition coefficient (Wildman–Crippen LogP) is 3.01. The maximum absolute atomic E-state index is 10.6. The summed E-state index contributed by atoms with van der Waals surface area (Å²) in [7, 11) is 0. The molecule has 19 heavy (non-hydrogen) atoms. The van der Waals surface area contributed by atoms with E-state index in [1.165, 1.54) is 11.1 Å². The van der Waals surface area contributed by atoms with Crippen LogP contribution in [0.25, 0.3) is 0 Å². The Morgan fingerprint density at radius 1 is 1.21 bits per heavy atom. The van der Waals surface area contributed by atoms with Crippen molar-refractivity contribution < 1.29 is 5.11 Å². The topological polar surface area (TPSA) is 23.5 Å². The monoisotopic (exact) mass is 273 g/mol. The Hall–Kier alpha value is -1.16. The molecule has 3 rings (SSSR count). The molecule has 1 aromatic carbocycles. The highest BCUT2D eigenvalue weighted by molar-refractivity contribution is 7.10. The van der Waals surface area contributed by atoms with E-state index in [4.69, 9.17) is 0 Å². The summed E-state index contributed by atoms with van der Waals surface area (Å²) in [4.78, 5) is 3.40. The lowest BCUT2D eigenvalue weighted by atomic mass is 9.97. The van der Waals surface area contributed by atoms with Gasteiger partial charge in [0.15, 0.2) is 0 Å². The van der Waals surface area contributed by atoms with Gasteiger partial charge in [0.25, 0.3) is 0 Å². The van der Waals surface area contributed by atoms with Crippen molar-refractivity contribution in [3.8, 4) is 0 Å². The molecule has 1 unspecified atom stereocenters. The van der Waals surface area contributed by atoms with Crippen molar-refractivity contribution in [1.82, 2.24) is 4.90 Å². The number of benzene rings is 1. The van der Waals surface area contributed by atoms with Crippen LogP contribution in [0.3, 0.4) is 0 Å². The largest absolute Gasteiger partial charge is 0.383 e. The third-order valence-electron chi connectivity index (χ3n) is 3.79. The Balaban J connectivity index is 1.72. The molecule has 0 fully saturated rings. The Morgan fingerprint density at radius 3 is 2.74 bits per heavy atom. The van der Waals surface area contributed by atoms with Gasteiger partial charge in [0.05, 0.1) is 0 Å². The zero-order valence-corrected chi connectivity index (χ0v) is 12.0. The molecule has 0 saturated heterocycles. The molecule has 100 valence electrons. The second-order valence-corrected chi connectivity index (χ2v) is 6.43. The van der Waals surface area contributed by atoms with Gasteiger partial charge in [-0.1, -0.05) is 30.3 Å². The molecule has 3 heteroatoms. The van der Waals surface area contributed by atoms with Crippen molar-refractivity contribution in [2.24, 2.45) is 0 Å². The van der Waals surface area contributed by atoms with Crippen molar-refractivity contribution in [3.05, 3.63) is 57.8 Å². The van der Waals surface area contributed by atoms with Gasteiger partial charge in [-0.3, -0.25) is 4.90 Å². The van der Waals surface area contributed by atoms with Crippen molar-refractivity contribution in [2.75, 3.05) is 13.1 Å². The molecule has 2 heterocycles. The van der Waals surface area contributed by atoms with Gasteiger partial charge in [0, 0.05) is 24.5 Å². The minimum atomic E-state index is -0.750. The lowest BCUT2D eigenvalue weighted by Crippen LogP contribution is -2.41. The molecular weight excluding hydrogens is 254 g/mol. The molecule has 0 saturated carbocycles. The molecule has 1 N–H and O–H groups in total. The van der Waals surface area contributed by atoms with Crippen LogP contribution in [0.2, 0.25) is 0 Å². The first-order chi connectivity index (χ1) is 9.15. The van der Waals surface area contributed by atoms with Crippen molar-refractivity contribution in [1.29, 1.82) is 0 Å². The van der Waals surface area contributed by atoms with E-state index < -0.39 is 5.60 Å². The number of β-amino-alcohol motifs (C(OH)–C–C–N with tert-alkyl or cyclic N) is 1. The Bertz CT molecular complexity index is 548. The van der Waals surface area contributed by atoms with Gasteiger partial charge in [-0.05, 0) is 35.9 Å². The SMILES string of the molecule is CC(O)(CN1CCc2ccccc2C1)c1cccs1. The van der Waals surface area contributed by atoms with Crippen LogP contribution in [0.15, 0.2) is 41.8 Å². The van der Waals surface area contributed by atoms with Crippen LogP contribution in [-0.4, -0.2) is 23.1 Å². The molecule has 1 aliphatic heterocycles. The van der Waals surface area contributed by atoms with E-state index in [9.17, 15) is 5.11 Å². The Morgan fingerprint density at radius 2 is 2.00 bits per heavy atom. The van der Waals surface area contributed by atoms with Crippen LogP contribution >= 0.6 is 11.3 Å². The predicted molar refractivity (Wildman–Crippen MR) is 79.3 cm³/mol. The number of nitrogens with zero attached hydrogens (tertiary/aromatic N) is 1. The number of aliphatic hydroxyl groups is 1. The van der Waals surface area contributed by atoms with E-state index in [2.05, 4.69) is 29.2 Å². The summed E-state index contributed by atoms with van der Waals surface area (Å²) in [6.45, 7) is 4.58. The zero-order valence-electron chi connectivity index (χ0n) is 11.2. The van der Waals surface area contributed by atoms with Gasteiger partial charge < -0.3 is 5.11 Å². The van der Waals surface area contributed by atoms with Crippen molar-refractivity contribution in [2.45, 2.75) is 25.5 Å². The van der Waals surface area contributed by atoms with Gasteiger partial charge in [-0.15, -0.1) is 11.3 Å². The summed E-state index contributed by atoms with van der Waals surface area (Å²) in [5.41, 5.74) is 2.10. The van der Waals surface area contributed by atoms with E-state index in [-0.39, 0.29) is 0 Å². The van der Waals surface area contributed by atoms with E-state index in [1.807, 2.05) is 24.4 Å². The van der Waals surface area contributed by atoms with Crippen LogP contribution < -0.4 is 0 Å². The number of hydrogen-bond acceptors (Lipinski definition) is 3. The molecule has 0 bridgehead atoms. The summed E-state index contributed by atoms with van der Waals surface area (Å²) >= 11 is 1.63. The minimum absolute atomic E-state index is 0.696. The molecular formula is C16H19NOS. The normalized spacial score (nSPS) is 18.8. The third kappa shape index (κ3) is 2.73.